The number of phenolic OH excluding ortho intramolecular Hbond substituents is 1. The minimum Gasteiger partial charge on any atom is -0.507 e. The number of nitrogens with one attached hydrogen (secondary N) is 3. The van der Waals surface area contributed by atoms with Gasteiger partial charge in [0, 0.05) is 97.3 Å². The van der Waals surface area contributed by atoms with Crippen molar-refractivity contribution in [1.29, 1.82) is 0 Å². The molecule has 3 saturated heterocycles. The molecule has 2 aromatic carbocycles. The lowest BCUT2D eigenvalue weighted by Gasteiger charge is -2.42. The molecule has 4 aliphatic heterocycles. The van der Waals surface area contributed by atoms with Crippen LogP contribution in [0.1, 0.15) is 99.7 Å². The van der Waals surface area contributed by atoms with Crippen molar-refractivity contribution in [3.05, 3.63) is 88.9 Å². The Bertz CT molecular complexity index is 2860. The van der Waals surface area contributed by atoms with E-state index in [-0.39, 0.29) is 43.1 Å². The lowest BCUT2D eigenvalue weighted by molar-refractivity contribution is -0.142. The summed E-state index contributed by atoms with van der Waals surface area (Å²) in [4.78, 5) is 74.2. The topological polar surface area (TPSA) is 243 Å². The van der Waals surface area contributed by atoms with Gasteiger partial charge in [-0.1, -0.05) is 44.9 Å². The number of hydrogen-bond acceptors (Lipinski definition) is 13. The number of carboxylic acid groups (broad SMARTS) is 1. The molecule has 3 fully saturated rings. The zero-order valence-corrected chi connectivity index (χ0v) is 41.2. The van der Waals surface area contributed by atoms with E-state index in [1.54, 1.807) is 29.2 Å². The Balaban J connectivity index is 0.760. The molecule has 19 heteroatoms. The number of H-pyrrole nitrogens is 1. The van der Waals surface area contributed by atoms with E-state index in [4.69, 9.17) is 26.2 Å². The molecule has 0 unspecified atom stereocenters. The highest BCUT2D eigenvalue weighted by atomic mass is 16.5. The van der Waals surface area contributed by atoms with Crippen LogP contribution in [0.15, 0.2) is 60.9 Å². The first-order valence-corrected chi connectivity index (χ1v) is 24.8. The summed E-state index contributed by atoms with van der Waals surface area (Å²) in [6, 6.07) is 11.9. The molecule has 0 saturated carbocycles. The number of terminal acetylenes is 1. The number of rotatable bonds is 12. The van der Waals surface area contributed by atoms with Crippen molar-refractivity contribution in [3.63, 3.8) is 0 Å². The number of anilines is 1. The Labute approximate surface area is 418 Å². The largest absolute Gasteiger partial charge is 0.507 e. The number of aromatic nitrogens is 5. The number of aliphatic hydroxyl groups excluding tert-OH is 1. The van der Waals surface area contributed by atoms with E-state index in [9.17, 15) is 29.4 Å². The predicted molar refractivity (Wildman–Crippen MR) is 268 cm³/mol. The van der Waals surface area contributed by atoms with E-state index in [0.29, 0.717) is 53.4 Å². The molecule has 0 aliphatic carbocycles. The van der Waals surface area contributed by atoms with Gasteiger partial charge in [0.1, 0.15) is 23.6 Å². The van der Waals surface area contributed by atoms with Crippen LogP contribution >= 0.6 is 0 Å². The summed E-state index contributed by atoms with van der Waals surface area (Å²) >= 11 is 0. The monoisotopic (exact) mass is 981 g/mol. The first-order valence-electron chi connectivity index (χ1n) is 24.8. The van der Waals surface area contributed by atoms with Crippen LogP contribution in [0.5, 0.6) is 11.5 Å². The maximum Gasteiger partial charge on any atom is 0.341 e. The maximum absolute atomic E-state index is 14.3. The molecule has 7 heterocycles. The van der Waals surface area contributed by atoms with E-state index in [2.05, 4.69) is 48.5 Å². The van der Waals surface area contributed by atoms with Crippen molar-refractivity contribution in [2.75, 3.05) is 50.8 Å². The van der Waals surface area contributed by atoms with Crippen molar-refractivity contribution >= 4 is 40.8 Å². The molecule has 5 aromatic rings. The maximum atomic E-state index is 14.3. The minimum atomic E-state index is -1.17. The smallest absolute Gasteiger partial charge is 0.341 e. The van der Waals surface area contributed by atoms with Gasteiger partial charge < -0.3 is 55.3 Å². The predicted octanol–water partition coefficient (Wildman–Crippen LogP) is 4.74. The van der Waals surface area contributed by atoms with Crippen LogP contribution in [0.2, 0.25) is 0 Å². The molecule has 72 heavy (non-hydrogen) atoms. The van der Waals surface area contributed by atoms with E-state index in [1.165, 1.54) is 11.0 Å². The van der Waals surface area contributed by atoms with Crippen LogP contribution < -0.4 is 20.3 Å². The molecule has 0 bridgehead atoms. The molecule has 0 radical (unpaired) electrons. The van der Waals surface area contributed by atoms with Gasteiger partial charge in [-0.05, 0) is 92.9 Å². The molecule has 4 aliphatic rings. The second-order valence-corrected chi connectivity index (χ2v) is 20.5. The van der Waals surface area contributed by atoms with Gasteiger partial charge in [-0.15, -0.1) is 16.6 Å². The van der Waals surface area contributed by atoms with Gasteiger partial charge >= 0.3 is 12.0 Å². The number of ether oxygens (including phenoxy) is 1. The summed E-state index contributed by atoms with van der Waals surface area (Å²) < 4.78 is 5.42. The summed E-state index contributed by atoms with van der Waals surface area (Å²) in [6.45, 7) is 10.7. The zero-order chi connectivity index (χ0) is 50.8. The van der Waals surface area contributed by atoms with Gasteiger partial charge in [-0.3, -0.25) is 9.59 Å². The van der Waals surface area contributed by atoms with E-state index < -0.39 is 48.0 Å². The number of aromatic hydroxyl groups is 1. The molecule has 4 atom stereocenters. The minimum absolute atomic E-state index is 0.0139. The number of aliphatic carboxylic acids is 1. The number of aromatic amines is 1. The molecule has 19 nitrogen and oxygen atoms in total. The molecule has 9 rings (SSSR count). The average Bonchev–Trinajstić information content (AvgIpc) is 3.97. The second kappa shape index (κ2) is 20.8. The Morgan fingerprint density at radius 3 is 2.40 bits per heavy atom. The van der Waals surface area contributed by atoms with E-state index >= 15 is 0 Å². The third kappa shape index (κ3) is 10.5. The number of piperidine rings is 2. The number of nitrogens with zero attached hydrogens (tertiary/aromatic N) is 8. The summed E-state index contributed by atoms with van der Waals surface area (Å²) in [6.07, 6.45) is 12.9. The molecule has 378 valence electrons. The van der Waals surface area contributed by atoms with Gasteiger partial charge in [0.05, 0.1) is 17.8 Å². The Kier molecular flexibility index (Phi) is 14.4. The van der Waals surface area contributed by atoms with Gasteiger partial charge in [-0.2, -0.15) is 0 Å². The molecule has 3 aromatic heterocycles. The molecule has 6 N–H and O–H groups in total. The third-order valence-electron chi connectivity index (χ3n) is 14.8. The number of carbonyl (C=O) groups is 4. The standard InChI is InChI=1S/C53H63N11O8/c1-6-32-11-12-34(44(23-32)72-30-45(67)68)26-54-49(69)42-24-37(65)29-64(42)50(70)47(53(3,4)5)58-52(71)62-20-15-36(16-21-62)61-18-13-33(14-19-61)35-27-55-51(56-28-35)63-22-17-40-46(31(63)2)39-25-41(59-60-48(39)57-40)38-9-7-8-10-43(38)66/h1,7-12,23,25,27-28,31,33,36-37,42,47,65-66H,13-22,24,26,29-30H2,2-5H3,(H,54,69)(H,57,60)(H,58,71)(H,67,68)/t31-,37-,42+,47-/m1/s1. The first-order chi connectivity index (χ1) is 34.6. The number of phenols is 1. The number of β-amino-alcohol motifs (C(OH)–C–C–N with tert-alkyl or cyclic N) is 1. The molecular formula is C53H63N11O8. The lowest BCUT2D eigenvalue weighted by Crippen LogP contribution is -2.60. The van der Waals surface area contributed by atoms with E-state index in [1.807, 2.05) is 51.4 Å². The van der Waals surface area contributed by atoms with Crippen molar-refractivity contribution in [3.8, 4) is 35.1 Å². The van der Waals surface area contributed by atoms with E-state index in [0.717, 1.165) is 79.6 Å². The molecule has 4 amide bonds. The van der Waals surface area contributed by atoms with Gasteiger partial charge in [0.2, 0.25) is 17.8 Å². The fourth-order valence-electron chi connectivity index (χ4n) is 10.8. The summed E-state index contributed by atoms with van der Waals surface area (Å²) in [5, 5.41) is 46.0. The number of carbonyl (C=O) groups excluding carboxylic acids is 3. The molecular weight excluding hydrogens is 919 g/mol. The Hall–Kier alpha value is -7.30. The lowest BCUT2D eigenvalue weighted by atomic mass is 9.85. The Morgan fingerprint density at radius 1 is 0.972 bits per heavy atom. The second-order valence-electron chi connectivity index (χ2n) is 20.5. The number of urea groups is 1. The summed E-state index contributed by atoms with van der Waals surface area (Å²) in [5.41, 5.74) is 5.60. The van der Waals surface area contributed by atoms with Crippen molar-refractivity contribution in [2.24, 2.45) is 5.41 Å². The Morgan fingerprint density at radius 2 is 1.71 bits per heavy atom. The number of benzene rings is 2. The van der Waals surface area contributed by atoms with Crippen molar-refractivity contribution in [1.82, 2.24) is 50.5 Å². The normalized spacial score (nSPS) is 20.4. The highest BCUT2D eigenvalue weighted by Crippen LogP contribution is 2.39. The third-order valence-corrected chi connectivity index (χ3v) is 14.8. The van der Waals surface area contributed by atoms with Crippen molar-refractivity contribution in [2.45, 2.75) is 109 Å². The van der Waals surface area contributed by atoms with Gasteiger partial charge in [0.15, 0.2) is 12.3 Å². The number of amides is 4. The van der Waals surface area contributed by atoms with Gasteiger partial charge in [0.25, 0.3) is 0 Å². The fourth-order valence-corrected chi connectivity index (χ4v) is 10.8. The quantitative estimate of drug-likeness (QED) is 0.0927. The number of likely N-dealkylation sites (tertiary alicyclic amines) is 3. The summed E-state index contributed by atoms with van der Waals surface area (Å²) in [7, 11) is 0. The highest BCUT2D eigenvalue weighted by Gasteiger charge is 2.45. The van der Waals surface area contributed by atoms with Crippen LogP contribution in [0.25, 0.3) is 22.3 Å². The molecule has 0 spiro atoms. The van der Waals surface area contributed by atoms with Crippen LogP contribution in [0.4, 0.5) is 10.7 Å². The van der Waals surface area contributed by atoms with Crippen LogP contribution in [0, 0.1) is 17.8 Å². The number of aliphatic hydroxyl groups is 1. The highest BCUT2D eigenvalue weighted by molar-refractivity contribution is 5.93. The van der Waals surface area contributed by atoms with Crippen LogP contribution in [-0.2, 0) is 27.3 Å². The van der Waals surface area contributed by atoms with Crippen LogP contribution in [0.3, 0.4) is 0 Å². The van der Waals surface area contributed by atoms with Gasteiger partial charge in [-0.25, -0.2) is 19.6 Å². The van der Waals surface area contributed by atoms with Crippen LogP contribution in [-0.4, -0.2) is 149 Å². The number of hydrogen-bond donors (Lipinski definition) is 6. The SMILES string of the molecule is C#Cc1ccc(CNC(=O)[C@@H]2C[C@@H](O)CN2C(=O)[C@@H](NC(=O)N2CCC(N3CCC(c4cnc(N5CCc6[nH]c7nnc(-c8ccccc8O)cc7c6[C@H]5C)nc4)CC3)CC2)C(C)(C)C)c(OCC(=O)O)c1. The summed E-state index contributed by atoms with van der Waals surface area (Å²) in [5.74, 6) is 1.73. The average molecular weight is 982 g/mol. The van der Waals surface area contributed by atoms with Crippen molar-refractivity contribution < 1.29 is 39.2 Å². The zero-order valence-electron chi connectivity index (χ0n) is 41.2. The number of para-hydroxylation sites is 1. The number of carboxylic acids is 1. The number of fused-ring (bicyclic) bond motifs is 3. The first kappa shape index (κ1) is 49.7. The fraction of sp³-hybridized carbons (Fsp3) is 0.472.